The predicted octanol–water partition coefficient (Wildman–Crippen LogP) is -4.50. The molecule has 0 rings (SSSR count). The van der Waals surface area contributed by atoms with Crippen LogP contribution in [0.15, 0.2) is 4.99 Å². The van der Waals surface area contributed by atoms with E-state index in [1.54, 1.807) is 0 Å². The molecule has 3 amide bonds. The molecule has 35 heavy (non-hydrogen) atoms. The largest absolute Gasteiger partial charge is 0.481 e. The number of aliphatic hydroxyl groups excluding tert-OH is 1. The minimum absolute atomic E-state index is 0.0726. The van der Waals surface area contributed by atoms with E-state index in [2.05, 4.69) is 20.9 Å². The van der Waals surface area contributed by atoms with E-state index < -0.39 is 66.9 Å². The second-order valence-corrected chi connectivity index (χ2v) is 7.64. The highest BCUT2D eigenvalue weighted by molar-refractivity contribution is 5.95. The first-order valence-electron chi connectivity index (χ1n) is 10.9. The highest BCUT2D eigenvalue weighted by atomic mass is 16.4. The van der Waals surface area contributed by atoms with Crippen LogP contribution in [0.5, 0.6) is 0 Å². The van der Waals surface area contributed by atoms with Gasteiger partial charge in [0.2, 0.25) is 17.7 Å². The van der Waals surface area contributed by atoms with Gasteiger partial charge in [-0.25, -0.2) is 4.79 Å². The van der Waals surface area contributed by atoms with Crippen molar-refractivity contribution in [1.82, 2.24) is 16.0 Å². The Kier molecular flexibility index (Phi) is 15.3. The predicted molar refractivity (Wildman–Crippen MR) is 124 cm³/mol. The summed E-state index contributed by atoms with van der Waals surface area (Å²) in [5.41, 5.74) is 21.5. The number of carbonyl (C=O) groups is 5. The lowest BCUT2D eigenvalue weighted by Crippen LogP contribution is -2.58. The normalized spacial score (nSPS) is 14.0. The van der Waals surface area contributed by atoms with Crippen molar-refractivity contribution < 1.29 is 39.3 Å². The first kappa shape index (κ1) is 31.5. The molecule has 200 valence electrons. The zero-order chi connectivity index (χ0) is 27.0. The second kappa shape index (κ2) is 17.0. The van der Waals surface area contributed by atoms with E-state index in [1.807, 2.05) is 0 Å². The van der Waals surface area contributed by atoms with Crippen LogP contribution in [0.25, 0.3) is 0 Å². The van der Waals surface area contributed by atoms with E-state index >= 15 is 0 Å². The monoisotopic (exact) mass is 504 g/mol. The van der Waals surface area contributed by atoms with Crippen molar-refractivity contribution in [2.24, 2.45) is 27.9 Å². The molecule has 4 atom stereocenters. The molecule has 0 saturated heterocycles. The van der Waals surface area contributed by atoms with Crippen LogP contribution < -0.4 is 38.9 Å². The van der Waals surface area contributed by atoms with Gasteiger partial charge in [0.05, 0.1) is 19.1 Å². The molecular formula is C19H36N8O8. The Morgan fingerprint density at radius 2 is 1.37 bits per heavy atom. The van der Waals surface area contributed by atoms with E-state index in [0.717, 1.165) is 0 Å². The quantitative estimate of drug-likeness (QED) is 0.0480. The van der Waals surface area contributed by atoms with Crippen LogP contribution in [0.3, 0.4) is 0 Å². The maximum atomic E-state index is 12.6. The fourth-order valence-corrected chi connectivity index (χ4v) is 2.80. The summed E-state index contributed by atoms with van der Waals surface area (Å²) in [5.74, 6) is -5.79. The van der Waals surface area contributed by atoms with Crippen molar-refractivity contribution in [3.05, 3.63) is 0 Å². The number of nitrogens with one attached hydrogen (secondary N) is 3. The number of nitrogens with two attached hydrogens (primary N) is 4. The average Bonchev–Trinajstić information content (AvgIpc) is 2.78. The number of aliphatic hydroxyl groups is 1. The standard InChI is InChI=1S/C19H36N8O8/c20-6-2-1-5-11(18(34)35)25-17(33)13(9-28)27-16(32)12(8-14(29)30)26-15(31)10(21)4-3-7-24-19(22)23/h10-13,28H,1-9,20-21H2,(H,25,33)(H,26,31)(H,27,32)(H,29,30)(H,34,35)(H4,22,23,24). The number of carboxylic acids is 2. The Labute approximate surface area is 201 Å². The summed E-state index contributed by atoms with van der Waals surface area (Å²) < 4.78 is 0. The summed E-state index contributed by atoms with van der Waals surface area (Å²) in [5, 5.41) is 34.4. The van der Waals surface area contributed by atoms with Crippen molar-refractivity contribution in [3.8, 4) is 0 Å². The first-order valence-corrected chi connectivity index (χ1v) is 10.9. The number of rotatable bonds is 18. The Bertz CT molecular complexity index is 759. The van der Waals surface area contributed by atoms with Gasteiger partial charge in [-0.3, -0.25) is 24.2 Å². The molecule has 0 radical (unpaired) electrons. The second-order valence-electron chi connectivity index (χ2n) is 7.64. The number of unbranched alkanes of at least 4 members (excludes halogenated alkanes) is 1. The fourth-order valence-electron chi connectivity index (χ4n) is 2.80. The number of nitrogens with zero attached hydrogens (tertiary/aromatic N) is 1. The van der Waals surface area contributed by atoms with E-state index in [9.17, 15) is 34.2 Å². The van der Waals surface area contributed by atoms with Gasteiger partial charge < -0.3 is 54.2 Å². The van der Waals surface area contributed by atoms with Gasteiger partial charge in [-0.15, -0.1) is 0 Å². The fraction of sp³-hybridized carbons (Fsp3) is 0.684. The molecule has 0 aliphatic carbocycles. The van der Waals surface area contributed by atoms with Crippen LogP contribution in [0.2, 0.25) is 0 Å². The highest BCUT2D eigenvalue weighted by Crippen LogP contribution is 2.03. The van der Waals surface area contributed by atoms with E-state index in [-0.39, 0.29) is 25.3 Å². The summed E-state index contributed by atoms with van der Waals surface area (Å²) in [6.45, 7) is -0.365. The van der Waals surface area contributed by atoms with Crippen LogP contribution in [0.4, 0.5) is 0 Å². The molecule has 0 aromatic heterocycles. The maximum absolute atomic E-state index is 12.6. The van der Waals surface area contributed by atoms with Crippen LogP contribution in [0.1, 0.15) is 38.5 Å². The molecule has 16 heteroatoms. The topological polar surface area (TPSA) is 299 Å². The summed E-state index contributed by atoms with van der Waals surface area (Å²) in [6, 6.07) is -5.60. The van der Waals surface area contributed by atoms with Gasteiger partial charge in [-0.05, 0) is 38.6 Å². The molecule has 16 nitrogen and oxygen atoms in total. The molecule has 0 aliphatic heterocycles. The number of carbonyl (C=O) groups excluding carboxylic acids is 3. The van der Waals surface area contributed by atoms with E-state index in [1.165, 1.54) is 0 Å². The summed E-state index contributed by atoms with van der Waals surface area (Å²) >= 11 is 0. The zero-order valence-corrected chi connectivity index (χ0v) is 19.3. The summed E-state index contributed by atoms with van der Waals surface area (Å²) in [7, 11) is 0. The SMILES string of the molecule is NCCCCC(NC(=O)C(CO)NC(=O)C(CC(=O)O)NC(=O)C(N)CCCN=C(N)N)C(=O)O. The molecule has 4 unspecified atom stereocenters. The molecule has 14 N–H and O–H groups in total. The molecule has 0 aromatic carbocycles. The van der Waals surface area contributed by atoms with E-state index in [0.29, 0.717) is 25.8 Å². The number of hydrogen-bond donors (Lipinski definition) is 10. The smallest absolute Gasteiger partial charge is 0.326 e. The molecule has 0 heterocycles. The maximum Gasteiger partial charge on any atom is 0.326 e. The Balaban J connectivity index is 5.14. The van der Waals surface area contributed by atoms with Crippen molar-refractivity contribution in [2.75, 3.05) is 19.7 Å². The van der Waals surface area contributed by atoms with Crippen molar-refractivity contribution >= 4 is 35.6 Å². The molecule has 0 fully saturated rings. The van der Waals surface area contributed by atoms with Gasteiger partial charge in [0.15, 0.2) is 5.96 Å². The van der Waals surface area contributed by atoms with Gasteiger partial charge in [-0.1, -0.05) is 0 Å². The molecule has 0 aliphatic rings. The van der Waals surface area contributed by atoms with Crippen molar-refractivity contribution in [1.29, 1.82) is 0 Å². The van der Waals surface area contributed by atoms with Crippen molar-refractivity contribution in [2.45, 2.75) is 62.7 Å². The third kappa shape index (κ3) is 13.7. The van der Waals surface area contributed by atoms with Gasteiger partial charge >= 0.3 is 11.9 Å². The first-order chi connectivity index (χ1) is 16.4. The summed E-state index contributed by atoms with van der Waals surface area (Å²) in [6.07, 6.45) is 0.658. The third-order valence-electron chi connectivity index (χ3n) is 4.69. The number of amides is 3. The lowest BCUT2D eigenvalue weighted by Gasteiger charge is -2.23. The number of aliphatic imine (C=N–C) groups is 1. The molecule has 0 aromatic rings. The van der Waals surface area contributed by atoms with Gasteiger partial charge in [-0.2, -0.15) is 0 Å². The lowest BCUT2D eigenvalue weighted by atomic mass is 10.1. The highest BCUT2D eigenvalue weighted by Gasteiger charge is 2.31. The van der Waals surface area contributed by atoms with Gasteiger partial charge in [0.1, 0.15) is 18.1 Å². The summed E-state index contributed by atoms with van der Waals surface area (Å²) in [4.78, 5) is 63.6. The van der Waals surface area contributed by atoms with Crippen molar-refractivity contribution in [3.63, 3.8) is 0 Å². The molecular weight excluding hydrogens is 468 g/mol. The molecule has 0 saturated carbocycles. The van der Waals surface area contributed by atoms with Crippen LogP contribution in [-0.4, -0.2) is 94.8 Å². The number of aliphatic carboxylic acids is 2. The Morgan fingerprint density at radius 1 is 0.800 bits per heavy atom. The average molecular weight is 505 g/mol. The Hall–Kier alpha value is -3.50. The van der Waals surface area contributed by atoms with Crippen LogP contribution in [0, 0.1) is 0 Å². The number of guanidine groups is 1. The molecule has 0 spiro atoms. The minimum Gasteiger partial charge on any atom is -0.481 e. The van der Waals surface area contributed by atoms with Crippen LogP contribution in [-0.2, 0) is 24.0 Å². The number of hydrogen-bond acceptors (Lipinski definition) is 9. The minimum atomic E-state index is -1.62. The third-order valence-corrected chi connectivity index (χ3v) is 4.69. The zero-order valence-electron chi connectivity index (χ0n) is 19.3. The number of carboxylic acid groups (broad SMARTS) is 2. The van der Waals surface area contributed by atoms with Crippen LogP contribution >= 0.6 is 0 Å². The van der Waals surface area contributed by atoms with Gasteiger partial charge in [0, 0.05) is 6.54 Å². The Morgan fingerprint density at radius 3 is 1.89 bits per heavy atom. The molecule has 0 bridgehead atoms. The van der Waals surface area contributed by atoms with Gasteiger partial charge in [0.25, 0.3) is 0 Å². The van der Waals surface area contributed by atoms with E-state index in [4.69, 9.17) is 28.0 Å². The lowest BCUT2D eigenvalue weighted by molar-refractivity contribution is -0.143.